The van der Waals surface area contributed by atoms with Crippen LogP contribution >= 0.6 is 0 Å². The molecule has 0 aliphatic carbocycles. The highest BCUT2D eigenvalue weighted by atomic mass is 19.4. The highest BCUT2D eigenvalue weighted by molar-refractivity contribution is 4.91. The van der Waals surface area contributed by atoms with E-state index < -0.39 is 11.7 Å². The number of halogens is 3. The van der Waals surface area contributed by atoms with Crippen LogP contribution in [0.2, 0.25) is 0 Å². The number of rotatable bonds is 3. The van der Waals surface area contributed by atoms with Gasteiger partial charge in [-0.15, -0.1) is 0 Å². The molecule has 1 N–H and O–H groups in total. The van der Waals surface area contributed by atoms with Crippen molar-refractivity contribution in [2.75, 3.05) is 7.05 Å². The first kappa shape index (κ1) is 10.8. The molecule has 0 spiro atoms. The van der Waals surface area contributed by atoms with E-state index in [9.17, 15) is 13.2 Å². The molecule has 0 aliphatic rings. The average Bonchev–Trinajstić information content (AvgIpc) is 1.90. The Morgan fingerprint density at radius 2 is 1.45 bits per heavy atom. The SMILES string of the molecule is CCC(CC)(NC)C(F)(F)F. The minimum absolute atomic E-state index is 0.0729. The minimum Gasteiger partial charge on any atom is -0.307 e. The Morgan fingerprint density at radius 3 is 1.45 bits per heavy atom. The molecular formula is C7H14F3N. The van der Waals surface area contributed by atoms with Crippen LogP contribution in [-0.4, -0.2) is 18.8 Å². The average molecular weight is 169 g/mol. The van der Waals surface area contributed by atoms with Gasteiger partial charge in [-0.3, -0.25) is 0 Å². The molecule has 0 unspecified atom stereocenters. The zero-order valence-electron chi connectivity index (χ0n) is 7.05. The first-order valence-corrected chi connectivity index (χ1v) is 3.69. The van der Waals surface area contributed by atoms with E-state index in [-0.39, 0.29) is 12.8 Å². The summed E-state index contributed by atoms with van der Waals surface area (Å²) in [6, 6.07) is 0. The maximum absolute atomic E-state index is 12.3. The van der Waals surface area contributed by atoms with Crippen molar-refractivity contribution in [2.24, 2.45) is 0 Å². The first-order valence-electron chi connectivity index (χ1n) is 3.69. The third kappa shape index (κ3) is 1.86. The van der Waals surface area contributed by atoms with Crippen LogP contribution in [0.1, 0.15) is 26.7 Å². The Morgan fingerprint density at radius 1 is 1.09 bits per heavy atom. The summed E-state index contributed by atoms with van der Waals surface area (Å²) < 4.78 is 36.9. The van der Waals surface area contributed by atoms with Crippen LogP contribution in [-0.2, 0) is 0 Å². The summed E-state index contributed by atoms with van der Waals surface area (Å²) >= 11 is 0. The van der Waals surface area contributed by atoms with Gasteiger partial charge < -0.3 is 5.32 Å². The molecule has 0 radical (unpaired) electrons. The normalized spacial score (nSPS) is 13.6. The zero-order chi connectivity index (χ0) is 9.12. The van der Waals surface area contributed by atoms with E-state index in [0.29, 0.717) is 0 Å². The summed E-state index contributed by atoms with van der Waals surface area (Å²) in [7, 11) is 1.35. The molecule has 0 heterocycles. The van der Waals surface area contributed by atoms with Gasteiger partial charge >= 0.3 is 6.18 Å². The molecule has 0 bridgehead atoms. The Hall–Kier alpha value is -0.250. The van der Waals surface area contributed by atoms with Gasteiger partial charge in [-0.1, -0.05) is 13.8 Å². The van der Waals surface area contributed by atoms with Crippen LogP contribution in [0, 0.1) is 0 Å². The second-order valence-electron chi connectivity index (χ2n) is 2.54. The van der Waals surface area contributed by atoms with E-state index >= 15 is 0 Å². The fourth-order valence-corrected chi connectivity index (χ4v) is 1.15. The molecule has 0 fully saturated rings. The lowest BCUT2D eigenvalue weighted by atomic mass is 9.92. The summed E-state index contributed by atoms with van der Waals surface area (Å²) in [5.41, 5.74) is -1.69. The van der Waals surface area contributed by atoms with Crippen LogP contribution < -0.4 is 5.32 Å². The quantitative estimate of drug-likeness (QED) is 0.683. The largest absolute Gasteiger partial charge is 0.406 e. The zero-order valence-corrected chi connectivity index (χ0v) is 7.05. The third-order valence-electron chi connectivity index (χ3n) is 2.23. The number of alkyl halides is 3. The van der Waals surface area contributed by atoms with E-state index in [0.717, 1.165) is 0 Å². The summed E-state index contributed by atoms with van der Waals surface area (Å²) in [5.74, 6) is 0. The van der Waals surface area contributed by atoms with Crippen LogP contribution in [0.3, 0.4) is 0 Å². The molecule has 0 aliphatic heterocycles. The first-order chi connectivity index (χ1) is 4.93. The predicted molar refractivity (Wildman–Crippen MR) is 38.4 cm³/mol. The second-order valence-corrected chi connectivity index (χ2v) is 2.54. The Kier molecular flexibility index (Phi) is 3.35. The maximum Gasteiger partial charge on any atom is 0.406 e. The summed E-state index contributed by atoms with van der Waals surface area (Å²) in [6.45, 7) is 3.07. The van der Waals surface area contributed by atoms with Crippen LogP contribution in [0.5, 0.6) is 0 Å². The van der Waals surface area contributed by atoms with Gasteiger partial charge in [0.25, 0.3) is 0 Å². The minimum atomic E-state index is -4.15. The van der Waals surface area contributed by atoms with Crippen molar-refractivity contribution in [2.45, 2.75) is 38.4 Å². The summed E-state index contributed by atoms with van der Waals surface area (Å²) in [4.78, 5) is 0. The molecular weight excluding hydrogens is 155 g/mol. The molecule has 0 saturated carbocycles. The van der Waals surface area contributed by atoms with Crippen molar-refractivity contribution >= 4 is 0 Å². The maximum atomic E-state index is 12.3. The molecule has 0 amide bonds. The Bertz CT molecular complexity index is 107. The van der Waals surface area contributed by atoms with E-state index in [1.807, 2.05) is 0 Å². The van der Waals surface area contributed by atoms with Crippen LogP contribution in [0.25, 0.3) is 0 Å². The Balaban J connectivity index is 4.54. The van der Waals surface area contributed by atoms with Crippen molar-refractivity contribution in [3.8, 4) is 0 Å². The highest BCUT2D eigenvalue weighted by Gasteiger charge is 2.50. The lowest BCUT2D eigenvalue weighted by molar-refractivity contribution is -0.197. The van der Waals surface area contributed by atoms with Gasteiger partial charge in [-0.05, 0) is 19.9 Å². The van der Waals surface area contributed by atoms with Crippen LogP contribution in [0.15, 0.2) is 0 Å². The number of hydrogen-bond acceptors (Lipinski definition) is 1. The fourth-order valence-electron chi connectivity index (χ4n) is 1.15. The van der Waals surface area contributed by atoms with Crippen molar-refractivity contribution in [3.05, 3.63) is 0 Å². The van der Waals surface area contributed by atoms with Crippen molar-refractivity contribution < 1.29 is 13.2 Å². The summed E-state index contributed by atoms with van der Waals surface area (Å²) in [5, 5.41) is 2.33. The molecule has 0 rings (SSSR count). The molecule has 11 heavy (non-hydrogen) atoms. The van der Waals surface area contributed by atoms with E-state index in [1.54, 1.807) is 0 Å². The van der Waals surface area contributed by atoms with Gasteiger partial charge in [-0.25, -0.2) is 0 Å². The van der Waals surface area contributed by atoms with E-state index in [4.69, 9.17) is 0 Å². The molecule has 1 nitrogen and oxygen atoms in total. The molecule has 0 aromatic heterocycles. The lowest BCUT2D eigenvalue weighted by Gasteiger charge is -2.33. The van der Waals surface area contributed by atoms with Gasteiger partial charge in [0, 0.05) is 0 Å². The predicted octanol–water partition coefficient (Wildman–Crippen LogP) is 2.33. The van der Waals surface area contributed by atoms with Gasteiger partial charge in [0.1, 0.15) is 5.54 Å². The highest BCUT2D eigenvalue weighted by Crippen LogP contribution is 2.34. The molecule has 0 saturated heterocycles. The molecule has 0 atom stereocenters. The van der Waals surface area contributed by atoms with Crippen LogP contribution in [0.4, 0.5) is 13.2 Å². The summed E-state index contributed by atoms with van der Waals surface area (Å²) in [6.07, 6.45) is -4.00. The molecule has 0 aromatic rings. The molecule has 0 aromatic carbocycles. The topological polar surface area (TPSA) is 12.0 Å². The second kappa shape index (κ2) is 3.43. The monoisotopic (exact) mass is 169 g/mol. The van der Waals surface area contributed by atoms with Crippen molar-refractivity contribution in [1.29, 1.82) is 0 Å². The molecule has 4 heteroatoms. The van der Waals surface area contributed by atoms with Gasteiger partial charge in [0.15, 0.2) is 0 Å². The van der Waals surface area contributed by atoms with Gasteiger partial charge in [-0.2, -0.15) is 13.2 Å². The van der Waals surface area contributed by atoms with Gasteiger partial charge in [0.05, 0.1) is 0 Å². The third-order valence-corrected chi connectivity index (χ3v) is 2.23. The van der Waals surface area contributed by atoms with Crippen molar-refractivity contribution in [1.82, 2.24) is 5.32 Å². The fraction of sp³-hybridized carbons (Fsp3) is 1.00. The van der Waals surface area contributed by atoms with Crippen molar-refractivity contribution in [3.63, 3.8) is 0 Å². The van der Waals surface area contributed by atoms with E-state index in [1.165, 1.54) is 20.9 Å². The standard InChI is InChI=1S/C7H14F3N/c1-4-6(5-2,11-3)7(8,9)10/h11H,4-5H2,1-3H3. The number of nitrogens with one attached hydrogen (secondary N) is 1. The van der Waals surface area contributed by atoms with Gasteiger partial charge in [0.2, 0.25) is 0 Å². The number of hydrogen-bond donors (Lipinski definition) is 1. The molecule has 68 valence electrons. The smallest absolute Gasteiger partial charge is 0.307 e. The Labute approximate surface area is 65.0 Å². The lowest BCUT2D eigenvalue weighted by Crippen LogP contribution is -2.54. The van der Waals surface area contributed by atoms with E-state index in [2.05, 4.69) is 5.32 Å².